The van der Waals surface area contributed by atoms with Crippen molar-refractivity contribution in [3.8, 4) is 0 Å². The lowest BCUT2D eigenvalue weighted by molar-refractivity contribution is 1.10. The van der Waals surface area contributed by atoms with Crippen LogP contribution in [-0.2, 0) is 0 Å². The molecule has 0 amide bonds. The molecule has 0 heterocycles. The minimum atomic E-state index is 0.775. The summed E-state index contributed by atoms with van der Waals surface area (Å²) in [6.07, 6.45) is 1.10. The zero-order valence-electron chi connectivity index (χ0n) is 4.90. The monoisotopic (exact) mass is 153 g/mol. The van der Waals surface area contributed by atoms with Crippen LogP contribution in [0.5, 0.6) is 0 Å². The maximum absolute atomic E-state index is 5.44. The van der Waals surface area contributed by atoms with E-state index in [0.29, 0.717) is 0 Å². The first kappa shape index (κ1) is 8.60. The van der Waals surface area contributed by atoms with Crippen LogP contribution in [0.4, 0.5) is 0 Å². The molecule has 0 aliphatic heterocycles. The molecule has 0 fully saturated rings. The van der Waals surface area contributed by atoms with Crippen LogP contribution in [0.25, 0.3) is 0 Å². The van der Waals surface area contributed by atoms with Crippen molar-refractivity contribution < 1.29 is 0 Å². The minimum absolute atomic E-state index is 0.775. The molecule has 0 aromatic heterocycles. The van der Waals surface area contributed by atoms with Crippen LogP contribution in [0.3, 0.4) is 0 Å². The Bertz CT molecular complexity index is 37.4. The molecule has 0 radical (unpaired) electrons. The SMILES string of the molecule is NCCSCCCCl. The number of hydrogen-bond acceptors (Lipinski definition) is 2. The lowest BCUT2D eigenvalue weighted by Crippen LogP contribution is -2.01. The summed E-state index contributed by atoms with van der Waals surface area (Å²) >= 11 is 7.30. The number of hydrogen-bond donors (Lipinski definition) is 1. The van der Waals surface area contributed by atoms with Gasteiger partial charge in [-0.15, -0.1) is 11.6 Å². The van der Waals surface area contributed by atoms with Crippen molar-refractivity contribution in [2.75, 3.05) is 23.9 Å². The maximum Gasteiger partial charge on any atom is 0.0231 e. The minimum Gasteiger partial charge on any atom is -0.330 e. The molecule has 50 valence electrons. The Morgan fingerprint density at radius 1 is 1.38 bits per heavy atom. The second kappa shape index (κ2) is 7.60. The molecule has 0 saturated carbocycles. The third-order valence-electron chi connectivity index (χ3n) is 0.684. The Morgan fingerprint density at radius 3 is 2.62 bits per heavy atom. The van der Waals surface area contributed by atoms with Gasteiger partial charge in [0.2, 0.25) is 0 Å². The summed E-state index contributed by atoms with van der Waals surface area (Å²) in [7, 11) is 0. The topological polar surface area (TPSA) is 26.0 Å². The average Bonchev–Trinajstić information content (AvgIpc) is 1.81. The number of rotatable bonds is 5. The summed E-state index contributed by atoms with van der Waals surface area (Å²) < 4.78 is 0. The molecule has 0 aliphatic carbocycles. The van der Waals surface area contributed by atoms with Gasteiger partial charge in [-0.1, -0.05) is 0 Å². The van der Waals surface area contributed by atoms with Crippen LogP contribution in [0.15, 0.2) is 0 Å². The summed E-state index contributed by atoms with van der Waals surface area (Å²) in [6.45, 7) is 0.785. The van der Waals surface area contributed by atoms with Crippen LogP contribution >= 0.6 is 23.4 Å². The third-order valence-corrected chi connectivity index (χ3v) is 2.05. The fraction of sp³-hybridized carbons (Fsp3) is 1.00. The number of thioether (sulfide) groups is 1. The van der Waals surface area contributed by atoms with Crippen molar-refractivity contribution in [2.24, 2.45) is 5.73 Å². The molecule has 1 nitrogen and oxygen atoms in total. The number of nitrogens with two attached hydrogens (primary N) is 1. The largest absolute Gasteiger partial charge is 0.330 e. The molecule has 2 N–H and O–H groups in total. The van der Waals surface area contributed by atoms with Crippen LogP contribution in [0.1, 0.15) is 6.42 Å². The Kier molecular flexibility index (Phi) is 8.17. The van der Waals surface area contributed by atoms with Crippen molar-refractivity contribution in [2.45, 2.75) is 6.42 Å². The molecule has 8 heavy (non-hydrogen) atoms. The molecule has 0 aromatic carbocycles. The van der Waals surface area contributed by atoms with Crippen LogP contribution in [0, 0.1) is 0 Å². The normalized spacial score (nSPS) is 9.75. The van der Waals surface area contributed by atoms with E-state index < -0.39 is 0 Å². The van der Waals surface area contributed by atoms with E-state index >= 15 is 0 Å². The fourth-order valence-electron chi connectivity index (χ4n) is 0.342. The number of halogens is 1. The standard InChI is InChI=1S/C5H12ClNS/c6-2-1-4-8-5-3-7/h1-5,7H2. The molecular formula is C5H12ClNS. The van der Waals surface area contributed by atoms with Gasteiger partial charge in [0, 0.05) is 18.2 Å². The van der Waals surface area contributed by atoms with Gasteiger partial charge in [-0.25, -0.2) is 0 Å². The van der Waals surface area contributed by atoms with Gasteiger partial charge in [0.15, 0.2) is 0 Å². The van der Waals surface area contributed by atoms with E-state index in [-0.39, 0.29) is 0 Å². The maximum atomic E-state index is 5.44. The summed E-state index contributed by atoms with van der Waals surface area (Å²) in [6, 6.07) is 0. The first-order chi connectivity index (χ1) is 3.91. The smallest absolute Gasteiger partial charge is 0.0231 e. The van der Waals surface area contributed by atoms with Gasteiger partial charge in [-0.2, -0.15) is 11.8 Å². The zero-order valence-corrected chi connectivity index (χ0v) is 6.47. The Hall–Kier alpha value is 0.600. The Labute approximate surface area is 60.0 Å². The van der Waals surface area contributed by atoms with Gasteiger partial charge in [-0.05, 0) is 12.2 Å². The van der Waals surface area contributed by atoms with Gasteiger partial charge >= 0.3 is 0 Å². The summed E-state index contributed by atoms with van der Waals surface area (Å²) in [4.78, 5) is 0. The van der Waals surface area contributed by atoms with E-state index in [4.69, 9.17) is 17.3 Å². The van der Waals surface area contributed by atoms with E-state index in [1.807, 2.05) is 11.8 Å². The van der Waals surface area contributed by atoms with E-state index in [1.54, 1.807) is 0 Å². The molecule has 0 bridgehead atoms. The highest BCUT2D eigenvalue weighted by atomic mass is 35.5. The molecule has 0 atom stereocenters. The molecular weight excluding hydrogens is 142 g/mol. The molecule has 0 aliphatic rings. The van der Waals surface area contributed by atoms with Gasteiger partial charge in [-0.3, -0.25) is 0 Å². The summed E-state index contributed by atoms with van der Waals surface area (Å²) in [5.41, 5.74) is 5.26. The second-order valence-electron chi connectivity index (χ2n) is 1.44. The molecule has 0 unspecified atom stereocenters. The Balaban J connectivity index is 2.53. The zero-order chi connectivity index (χ0) is 6.24. The first-order valence-electron chi connectivity index (χ1n) is 2.75. The van der Waals surface area contributed by atoms with Crippen LogP contribution < -0.4 is 5.73 Å². The van der Waals surface area contributed by atoms with Crippen LogP contribution in [0.2, 0.25) is 0 Å². The molecule has 0 spiro atoms. The van der Waals surface area contributed by atoms with Crippen molar-refractivity contribution in [1.82, 2.24) is 0 Å². The summed E-state index contributed by atoms with van der Waals surface area (Å²) in [5.74, 6) is 3.00. The van der Waals surface area contributed by atoms with Gasteiger partial charge in [0.25, 0.3) is 0 Å². The molecule has 0 rings (SSSR count). The van der Waals surface area contributed by atoms with E-state index in [1.165, 1.54) is 0 Å². The highest BCUT2D eigenvalue weighted by molar-refractivity contribution is 7.99. The summed E-state index contributed by atoms with van der Waals surface area (Å²) in [5, 5.41) is 0. The lowest BCUT2D eigenvalue weighted by atomic mass is 10.6. The van der Waals surface area contributed by atoms with E-state index in [9.17, 15) is 0 Å². The Morgan fingerprint density at radius 2 is 2.12 bits per heavy atom. The highest BCUT2D eigenvalue weighted by Gasteiger charge is 1.84. The first-order valence-corrected chi connectivity index (χ1v) is 4.44. The molecule has 3 heteroatoms. The predicted molar refractivity (Wildman–Crippen MR) is 41.7 cm³/mol. The van der Waals surface area contributed by atoms with Crippen molar-refractivity contribution in [1.29, 1.82) is 0 Å². The van der Waals surface area contributed by atoms with Crippen molar-refractivity contribution in [3.63, 3.8) is 0 Å². The van der Waals surface area contributed by atoms with Gasteiger partial charge < -0.3 is 5.73 Å². The third kappa shape index (κ3) is 6.60. The lowest BCUT2D eigenvalue weighted by Gasteiger charge is -1.93. The van der Waals surface area contributed by atoms with E-state index in [2.05, 4.69) is 0 Å². The second-order valence-corrected chi connectivity index (χ2v) is 3.05. The number of alkyl halides is 1. The molecule has 0 aromatic rings. The predicted octanol–water partition coefficient (Wildman–Crippen LogP) is 1.31. The average molecular weight is 154 g/mol. The quantitative estimate of drug-likeness (QED) is 0.476. The van der Waals surface area contributed by atoms with Crippen molar-refractivity contribution in [3.05, 3.63) is 0 Å². The van der Waals surface area contributed by atoms with Crippen LogP contribution in [-0.4, -0.2) is 23.9 Å². The molecule has 0 saturated heterocycles. The van der Waals surface area contributed by atoms with Crippen molar-refractivity contribution >= 4 is 23.4 Å². The van der Waals surface area contributed by atoms with E-state index in [0.717, 1.165) is 30.4 Å². The highest BCUT2D eigenvalue weighted by Crippen LogP contribution is 2.00. The van der Waals surface area contributed by atoms with Gasteiger partial charge in [0.05, 0.1) is 0 Å². The fourth-order valence-corrected chi connectivity index (χ4v) is 1.35. The van der Waals surface area contributed by atoms with Gasteiger partial charge in [0.1, 0.15) is 0 Å².